The topological polar surface area (TPSA) is 9.23 Å². The molecule has 2 heteroatoms. The molecule has 0 aliphatic carbocycles. The average molecular weight is 314 g/mol. The zero-order valence-electron chi connectivity index (χ0n) is 13.6. The van der Waals surface area contributed by atoms with Crippen molar-refractivity contribution in [1.29, 1.82) is 0 Å². The van der Waals surface area contributed by atoms with Crippen molar-refractivity contribution in [3.63, 3.8) is 0 Å². The number of hydrogen-bond donors (Lipinski definition) is 0. The molecule has 0 saturated heterocycles. The quantitative estimate of drug-likeness (QED) is 0.440. The predicted molar refractivity (Wildman–Crippen MR) is 99.3 cm³/mol. The van der Waals surface area contributed by atoms with Crippen LogP contribution >= 0.6 is 8.58 Å². The van der Waals surface area contributed by atoms with Gasteiger partial charge in [-0.25, -0.2) is 0 Å². The zero-order chi connectivity index (χ0) is 15.5. The number of ether oxygens (including phenoxy) is 1. The summed E-state index contributed by atoms with van der Waals surface area (Å²) in [7, 11) is 0.719. The van der Waals surface area contributed by atoms with E-state index in [2.05, 4.69) is 61.5 Å². The third-order valence-corrected chi connectivity index (χ3v) is 4.93. The van der Waals surface area contributed by atoms with Gasteiger partial charge >= 0.3 is 0 Å². The normalized spacial score (nSPS) is 11.1. The van der Waals surface area contributed by atoms with Gasteiger partial charge in [-0.2, -0.15) is 0 Å². The zero-order valence-corrected chi connectivity index (χ0v) is 14.6. The van der Waals surface area contributed by atoms with Crippen molar-refractivity contribution in [2.24, 2.45) is 0 Å². The molecule has 0 saturated carbocycles. The lowest BCUT2D eigenvalue weighted by atomic mass is 10.1. The number of benzene rings is 2. The van der Waals surface area contributed by atoms with Crippen molar-refractivity contribution in [2.45, 2.75) is 45.4 Å². The maximum absolute atomic E-state index is 5.82. The van der Waals surface area contributed by atoms with Gasteiger partial charge in [0.25, 0.3) is 0 Å². The first-order valence-electron chi connectivity index (χ1n) is 8.43. The molecule has 0 N–H and O–H groups in total. The molecule has 2 aromatic rings. The summed E-state index contributed by atoms with van der Waals surface area (Å²) in [5.41, 5.74) is 0. The minimum atomic E-state index is 0.719. The van der Waals surface area contributed by atoms with Crippen molar-refractivity contribution in [3.8, 4) is 5.75 Å². The molecule has 0 aromatic heterocycles. The number of rotatable bonds is 10. The van der Waals surface area contributed by atoms with Gasteiger partial charge in [0.1, 0.15) is 5.75 Å². The molecular formula is C20H27OP. The Morgan fingerprint density at radius 1 is 0.727 bits per heavy atom. The first-order chi connectivity index (χ1) is 10.9. The van der Waals surface area contributed by atoms with E-state index in [-0.39, 0.29) is 0 Å². The van der Waals surface area contributed by atoms with E-state index < -0.39 is 0 Å². The van der Waals surface area contributed by atoms with E-state index in [1.807, 2.05) is 0 Å². The molecule has 0 aliphatic rings. The number of hydrogen-bond acceptors (Lipinski definition) is 1. The summed E-state index contributed by atoms with van der Waals surface area (Å²) in [6, 6.07) is 19.2. The lowest BCUT2D eigenvalue weighted by molar-refractivity contribution is 0.304. The summed E-state index contributed by atoms with van der Waals surface area (Å²) >= 11 is 0. The molecule has 0 radical (unpaired) electrons. The van der Waals surface area contributed by atoms with Gasteiger partial charge in [-0.3, -0.25) is 0 Å². The van der Waals surface area contributed by atoms with E-state index in [1.165, 1.54) is 42.7 Å². The molecule has 22 heavy (non-hydrogen) atoms. The van der Waals surface area contributed by atoms with E-state index in [4.69, 9.17) is 4.74 Å². The third kappa shape index (κ3) is 6.62. The van der Waals surface area contributed by atoms with Gasteiger partial charge in [-0.1, -0.05) is 90.1 Å². The summed E-state index contributed by atoms with van der Waals surface area (Å²) in [6.45, 7) is 3.09. The highest BCUT2D eigenvalue weighted by molar-refractivity contribution is 7.55. The van der Waals surface area contributed by atoms with Crippen LogP contribution in [0.15, 0.2) is 54.6 Å². The Bertz CT molecular complexity index is 507. The van der Waals surface area contributed by atoms with Crippen LogP contribution in [-0.2, 0) is 0 Å². The Labute approximate surface area is 136 Å². The van der Waals surface area contributed by atoms with Crippen molar-refractivity contribution in [2.75, 3.05) is 6.61 Å². The fourth-order valence-corrected chi connectivity index (χ4v) is 3.42. The van der Waals surface area contributed by atoms with Gasteiger partial charge in [0, 0.05) is 0 Å². The molecule has 2 aromatic carbocycles. The van der Waals surface area contributed by atoms with Crippen LogP contribution in [-0.4, -0.2) is 6.61 Å². The smallest absolute Gasteiger partial charge is 0.119 e. The van der Waals surface area contributed by atoms with Gasteiger partial charge in [-0.05, 0) is 29.2 Å². The van der Waals surface area contributed by atoms with E-state index >= 15 is 0 Å². The molecule has 0 aliphatic heterocycles. The molecule has 0 fully saturated rings. The van der Waals surface area contributed by atoms with E-state index in [9.17, 15) is 0 Å². The second-order valence-electron chi connectivity index (χ2n) is 5.63. The molecule has 1 unspecified atom stereocenters. The van der Waals surface area contributed by atoms with Crippen molar-refractivity contribution in [3.05, 3.63) is 54.6 Å². The molecule has 0 spiro atoms. The maximum Gasteiger partial charge on any atom is 0.119 e. The summed E-state index contributed by atoms with van der Waals surface area (Å²) in [5, 5.41) is 2.74. The first kappa shape index (κ1) is 17.0. The average Bonchev–Trinajstić information content (AvgIpc) is 2.56. The lowest BCUT2D eigenvalue weighted by Crippen LogP contribution is -2.03. The van der Waals surface area contributed by atoms with Gasteiger partial charge in [0.2, 0.25) is 0 Å². The highest BCUT2D eigenvalue weighted by Crippen LogP contribution is 2.15. The Kier molecular flexibility index (Phi) is 8.05. The Morgan fingerprint density at radius 2 is 1.36 bits per heavy atom. The fourth-order valence-electron chi connectivity index (χ4n) is 2.40. The SMILES string of the molecule is CCCCCCCCOc1ccc(Pc2ccccc2)cc1. The molecule has 2 rings (SSSR count). The minimum absolute atomic E-state index is 0.719. The predicted octanol–water partition coefficient (Wildman–Crippen LogP) is 5.06. The van der Waals surface area contributed by atoms with Gasteiger partial charge < -0.3 is 4.74 Å². The van der Waals surface area contributed by atoms with Crippen LogP contribution < -0.4 is 15.3 Å². The second-order valence-corrected chi connectivity index (χ2v) is 7.04. The highest BCUT2D eigenvalue weighted by Gasteiger charge is 1.98. The highest BCUT2D eigenvalue weighted by atomic mass is 31.1. The molecule has 0 heterocycles. The van der Waals surface area contributed by atoms with Gasteiger partial charge in [-0.15, -0.1) is 0 Å². The van der Waals surface area contributed by atoms with Crippen molar-refractivity contribution in [1.82, 2.24) is 0 Å². The van der Waals surface area contributed by atoms with Crippen molar-refractivity contribution >= 4 is 19.2 Å². The Morgan fingerprint density at radius 3 is 2.09 bits per heavy atom. The lowest BCUT2D eigenvalue weighted by Gasteiger charge is -2.07. The summed E-state index contributed by atoms with van der Waals surface area (Å²) in [6.07, 6.45) is 7.83. The molecule has 1 nitrogen and oxygen atoms in total. The van der Waals surface area contributed by atoms with Crippen LogP contribution in [0.3, 0.4) is 0 Å². The monoisotopic (exact) mass is 314 g/mol. The fraction of sp³-hybridized carbons (Fsp3) is 0.400. The van der Waals surface area contributed by atoms with Crippen LogP contribution in [0.1, 0.15) is 45.4 Å². The molecule has 0 bridgehead atoms. The largest absolute Gasteiger partial charge is 0.494 e. The molecule has 1 atom stereocenters. The van der Waals surface area contributed by atoms with Gasteiger partial charge in [0.05, 0.1) is 6.61 Å². The second kappa shape index (κ2) is 10.4. The Balaban J connectivity index is 1.66. The van der Waals surface area contributed by atoms with E-state index in [1.54, 1.807) is 0 Å². The van der Waals surface area contributed by atoms with E-state index in [0.29, 0.717) is 0 Å². The summed E-state index contributed by atoms with van der Waals surface area (Å²) < 4.78 is 5.82. The molecule has 118 valence electrons. The van der Waals surface area contributed by atoms with Crippen LogP contribution in [0.2, 0.25) is 0 Å². The number of unbranched alkanes of at least 4 members (excludes halogenated alkanes) is 5. The molecule has 0 amide bonds. The third-order valence-electron chi connectivity index (χ3n) is 3.68. The minimum Gasteiger partial charge on any atom is -0.494 e. The van der Waals surface area contributed by atoms with Crippen molar-refractivity contribution < 1.29 is 4.74 Å². The summed E-state index contributed by atoms with van der Waals surface area (Å²) in [4.78, 5) is 0. The van der Waals surface area contributed by atoms with Gasteiger partial charge in [0.15, 0.2) is 0 Å². The summed E-state index contributed by atoms with van der Waals surface area (Å²) in [5.74, 6) is 0.996. The van der Waals surface area contributed by atoms with E-state index in [0.717, 1.165) is 27.4 Å². The van der Waals surface area contributed by atoms with Crippen LogP contribution in [0.25, 0.3) is 0 Å². The standard InChI is InChI=1S/C20H27OP/c1-2-3-4-5-6-10-17-21-18-13-15-20(16-14-18)22-19-11-8-7-9-12-19/h7-9,11-16,22H,2-6,10,17H2,1H3. The van der Waals surface area contributed by atoms with Crippen LogP contribution in [0, 0.1) is 0 Å². The molecular weight excluding hydrogens is 287 g/mol. The Hall–Kier alpha value is -1.33. The van der Waals surface area contributed by atoms with Crippen LogP contribution in [0.4, 0.5) is 0 Å². The maximum atomic E-state index is 5.82. The first-order valence-corrected chi connectivity index (χ1v) is 9.43. The van der Waals surface area contributed by atoms with Crippen LogP contribution in [0.5, 0.6) is 5.75 Å².